The number of hydrogen-bond acceptors (Lipinski definition) is 5. The highest BCUT2D eigenvalue weighted by molar-refractivity contribution is 7.13. The summed E-state index contributed by atoms with van der Waals surface area (Å²) in [5, 5.41) is 11.5. The molecule has 3 rings (SSSR count). The number of carbonyl (C=O) groups is 1. The number of hydrogen-bond donors (Lipinski definition) is 2. The molecule has 7 heteroatoms. The number of anilines is 1. The highest BCUT2D eigenvalue weighted by atomic mass is 32.1. The van der Waals surface area contributed by atoms with Gasteiger partial charge in [-0.2, -0.15) is 0 Å². The summed E-state index contributed by atoms with van der Waals surface area (Å²) in [4.78, 5) is 20.8. The van der Waals surface area contributed by atoms with E-state index in [2.05, 4.69) is 20.6 Å². The Hall–Kier alpha value is -2.25. The first-order chi connectivity index (χ1) is 11.3. The maximum atomic E-state index is 12.2. The average molecular weight is 344 g/mol. The van der Waals surface area contributed by atoms with Gasteiger partial charge in [0, 0.05) is 34.4 Å². The molecule has 2 amide bonds. The van der Waals surface area contributed by atoms with Gasteiger partial charge in [-0.05, 0) is 18.6 Å². The lowest BCUT2D eigenvalue weighted by atomic mass is 10.2. The zero-order valence-electron chi connectivity index (χ0n) is 12.5. The van der Waals surface area contributed by atoms with Crippen molar-refractivity contribution in [3.05, 3.63) is 52.4 Å². The molecule has 1 aromatic carbocycles. The number of thiazole rings is 2. The van der Waals surface area contributed by atoms with Gasteiger partial charge in [-0.15, -0.1) is 22.7 Å². The molecule has 0 unspecified atom stereocenters. The van der Waals surface area contributed by atoms with Crippen LogP contribution in [0.2, 0.25) is 0 Å². The molecular formula is C16H16N4OS2. The summed E-state index contributed by atoms with van der Waals surface area (Å²) < 4.78 is 0. The SMILES string of the molecule is CC[C@@H](NC(=O)Nc1cccc(-c2nccs2)c1)c1nccs1. The highest BCUT2D eigenvalue weighted by Crippen LogP contribution is 2.24. The van der Waals surface area contributed by atoms with Crippen molar-refractivity contribution in [1.29, 1.82) is 0 Å². The summed E-state index contributed by atoms with van der Waals surface area (Å²) in [6, 6.07) is 7.36. The molecular weight excluding hydrogens is 328 g/mol. The predicted octanol–water partition coefficient (Wildman–Crippen LogP) is 4.54. The largest absolute Gasteiger partial charge is 0.329 e. The molecule has 2 aromatic heterocycles. The summed E-state index contributed by atoms with van der Waals surface area (Å²) in [5.74, 6) is 0. The quantitative estimate of drug-likeness (QED) is 0.714. The summed E-state index contributed by atoms with van der Waals surface area (Å²) in [6.45, 7) is 2.02. The lowest BCUT2D eigenvalue weighted by molar-refractivity contribution is 0.248. The van der Waals surface area contributed by atoms with Gasteiger partial charge in [0.25, 0.3) is 0 Å². The van der Waals surface area contributed by atoms with E-state index in [9.17, 15) is 4.79 Å². The smallest absolute Gasteiger partial charge is 0.319 e. The molecule has 0 spiro atoms. The topological polar surface area (TPSA) is 66.9 Å². The van der Waals surface area contributed by atoms with E-state index in [4.69, 9.17) is 0 Å². The van der Waals surface area contributed by atoms with E-state index in [1.165, 1.54) is 0 Å². The van der Waals surface area contributed by atoms with Crippen LogP contribution in [0, 0.1) is 0 Å². The summed E-state index contributed by atoms with van der Waals surface area (Å²) >= 11 is 3.11. The first-order valence-electron chi connectivity index (χ1n) is 7.23. The minimum Gasteiger partial charge on any atom is -0.329 e. The maximum absolute atomic E-state index is 12.2. The van der Waals surface area contributed by atoms with Gasteiger partial charge in [-0.25, -0.2) is 14.8 Å². The van der Waals surface area contributed by atoms with Crippen LogP contribution >= 0.6 is 22.7 Å². The Morgan fingerprint density at radius 3 is 2.74 bits per heavy atom. The third kappa shape index (κ3) is 3.94. The molecule has 0 saturated heterocycles. The molecule has 0 fully saturated rings. The fourth-order valence-corrected chi connectivity index (χ4v) is 3.57. The molecule has 23 heavy (non-hydrogen) atoms. The van der Waals surface area contributed by atoms with Gasteiger partial charge in [-0.1, -0.05) is 19.1 Å². The van der Waals surface area contributed by atoms with Crippen LogP contribution in [0.15, 0.2) is 47.4 Å². The Bertz CT molecular complexity index is 756. The van der Waals surface area contributed by atoms with Gasteiger partial charge < -0.3 is 10.6 Å². The number of rotatable bonds is 5. The highest BCUT2D eigenvalue weighted by Gasteiger charge is 2.15. The van der Waals surface area contributed by atoms with Crippen molar-refractivity contribution in [3.8, 4) is 10.6 Å². The van der Waals surface area contributed by atoms with Gasteiger partial charge in [0.15, 0.2) is 0 Å². The molecule has 2 N–H and O–H groups in total. The van der Waals surface area contributed by atoms with Crippen LogP contribution in [0.5, 0.6) is 0 Å². The van der Waals surface area contributed by atoms with Gasteiger partial charge in [0.1, 0.15) is 10.0 Å². The summed E-state index contributed by atoms with van der Waals surface area (Å²) in [6.07, 6.45) is 4.31. The Balaban J connectivity index is 1.67. The monoisotopic (exact) mass is 344 g/mol. The number of benzene rings is 1. The average Bonchev–Trinajstić information content (AvgIpc) is 3.26. The normalized spacial score (nSPS) is 11.9. The van der Waals surface area contributed by atoms with Crippen molar-refractivity contribution in [3.63, 3.8) is 0 Å². The Kier molecular flexibility index (Phi) is 4.99. The third-order valence-electron chi connectivity index (χ3n) is 3.26. The van der Waals surface area contributed by atoms with Crippen LogP contribution in [0.25, 0.3) is 10.6 Å². The molecule has 0 bridgehead atoms. The third-order valence-corrected chi connectivity index (χ3v) is 4.97. The molecule has 0 aliphatic carbocycles. The van der Waals surface area contributed by atoms with Crippen LogP contribution in [0.1, 0.15) is 24.4 Å². The number of urea groups is 1. The molecule has 0 aliphatic heterocycles. The zero-order valence-corrected chi connectivity index (χ0v) is 14.2. The number of amides is 2. The lowest BCUT2D eigenvalue weighted by Crippen LogP contribution is -2.32. The molecule has 0 saturated carbocycles. The number of nitrogens with zero attached hydrogens (tertiary/aromatic N) is 2. The number of aromatic nitrogens is 2. The second kappa shape index (κ2) is 7.34. The lowest BCUT2D eigenvalue weighted by Gasteiger charge is -2.15. The first kappa shape index (κ1) is 15.6. The molecule has 0 aliphatic rings. The molecule has 5 nitrogen and oxygen atoms in total. The standard InChI is InChI=1S/C16H16N4OS2/c1-2-13(15-18-7-9-23-15)20-16(21)19-12-5-3-4-11(10-12)14-17-6-8-22-14/h3-10,13H,2H2,1H3,(H2,19,20,21)/t13-/m1/s1. The fourth-order valence-electron chi connectivity index (χ4n) is 2.17. The Morgan fingerprint density at radius 2 is 2.04 bits per heavy atom. The molecule has 118 valence electrons. The second-order valence-corrected chi connectivity index (χ2v) is 6.67. The van der Waals surface area contributed by atoms with Gasteiger partial charge >= 0.3 is 6.03 Å². The second-order valence-electron chi connectivity index (χ2n) is 4.85. The van der Waals surface area contributed by atoms with E-state index in [1.54, 1.807) is 35.1 Å². The van der Waals surface area contributed by atoms with E-state index >= 15 is 0 Å². The van der Waals surface area contributed by atoms with Crippen molar-refractivity contribution < 1.29 is 4.79 Å². The number of nitrogens with one attached hydrogen (secondary N) is 2. The summed E-state index contributed by atoms with van der Waals surface area (Å²) in [5.41, 5.74) is 1.73. The maximum Gasteiger partial charge on any atom is 0.319 e. The van der Waals surface area contributed by atoms with Crippen LogP contribution in [-0.2, 0) is 0 Å². The van der Waals surface area contributed by atoms with Crippen LogP contribution in [0.4, 0.5) is 10.5 Å². The molecule has 1 atom stereocenters. The predicted molar refractivity (Wildman–Crippen MR) is 94.9 cm³/mol. The van der Waals surface area contributed by atoms with Crippen molar-refractivity contribution in [2.75, 3.05) is 5.32 Å². The van der Waals surface area contributed by atoms with E-state index in [-0.39, 0.29) is 12.1 Å². The van der Waals surface area contributed by atoms with Crippen molar-refractivity contribution in [1.82, 2.24) is 15.3 Å². The molecule has 2 heterocycles. The van der Waals surface area contributed by atoms with Crippen LogP contribution in [0.3, 0.4) is 0 Å². The zero-order chi connectivity index (χ0) is 16.1. The minimum atomic E-state index is -0.233. The van der Waals surface area contributed by atoms with E-state index in [0.717, 1.165) is 27.7 Å². The van der Waals surface area contributed by atoms with Crippen molar-refractivity contribution >= 4 is 34.4 Å². The van der Waals surface area contributed by atoms with Crippen LogP contribution in [-0.4, -0.2) is 16.0 Å². The van der Waals surface area contributed by atoms with Crippen LogP contribution < -0.4 is 10.6 Å². The summed E-state index contributed by atoms with van der Waals surface area (Å²) in [7, 11) is 0. The van der Waals surface area contributed by atoms with Gasteiger partial charge in [0.05, 0.1) is 6.04 Å². The first-order valence-corrected chi connectivity index (χ1v) is 8.99. The van der Waals surface area contributed by atoms with E-state index < -0.39 is 0 Å². The van der Waals surface area contributed by atoms with Gasteiger partial charge in [-0.3, -0.25) is 0 Å². The fraction of sp³-hybridized carbons (Fsp3) is 0.188. The van der Waals surface area contributed by atoms with E-state index in [0.29, 0.717) is 0 Å². The van der Waals surface area contributed by atoms with Crippen molar-refractivity contribution in [2.24, 2.45) is 0 Å². The molecule has 0 radical (unpaired) electrons. The number of carbonyl (C=O) groups excluding carboxylic acids is 1. The Morgan fingerprint density at radius 1 is 1.22 bits per heavy atom. The minimum absolute atomic E-state index is 0.0721. The van der Waals surface area contributed by atoms with Gasteiger partial charge in [0.2, 0.25) is 0 Å². The Labute approximate surface area is 142 Å². The van der Waals surface area contributed by atoms with E-state index in [1.807, 2.05) is 41.9 Å². The molecule has 3 aromatic rings. The van der Waals surface area contributed by atoms with Crippen molar-refractivity contribution in [2.45, 2.75) is 19.4 Å².